The van der Waals surface area contributed by atoms with Gasteiger partial charge in [-0.3, -0.25) is 4.79 Å². The first kappa shape index (κ1) is 16.2. The number of aromatic nitrogens is 2. The monoisotopic (exact) mass is 322 g/mol. The molecular weight excluding hydrogens is 307 g/mol. The molecule has 0 spiro atoms. The predicted molar refractivity (Wildman–Crippen MR) is 85.2 cm³/mol. The number of carbonyl (C=O) groups excluding carboxylic acids is 1. The van der Waals surface area contributed by atoms with Crippen molar-refractivity contribution in [2.75, 3.05) is 24.3 Å². The molecule has 1 amide bonds. The van der Waals surface area contributed by atoms with Gasteiger partial charge in [-0.15, -0.1) is 0 Å². The minimum atomic E-state index is -0.675. The minimum Gasteiger partial charge on any atom is -0.347 e. The SMILES string of the molecule is Cc1nc(N(C)C)nc(C)c1NC(=O)c1c(F)cccc1Cl. The van der Waals surface area contributed by atoms with Crippen molar-refractivity contribution in [1.82, 2.24) is 9.97 Å². The molecule has 1 heterocycles. The first-order valence-corrected chi connectivity index (χ1v) is 6.97. The molecule has 7 heteroatoms. The molecule has 0 bridgehead atoms. The van der Waals surface area contributed by atoms with Gasteiger partial charge in [-0.25, -0.2) is 14.4 Å². The molecule has 0 aliphatic carbocycles. The third kappa shape index (κ3) is 3.17. The Balaban J connectivity index is 2.37. The van der Waals surface area contributed by atoms with Gasteiger partial charge in [0.25, 0.3) is 5.91 Å². The van der Waals surface area contributed by atoms with Crippen LogP contribution >= 0.6 is 11.6 Å². The van der Waals surface area contributed by atoms with E-state index in [4.69, 9.17) is 11.6 Å². The van der Waals surface area contributed by atoms with Crippen LogP contribution in [0.4, 0.5) is 16.0 Å². The van der Waals surface area contributed by atoms with E-state index >= 15 is 0 Å². The van der Waals surface area contributed by atoms with Gasteiger partial charge in [-0.1, -0.05) is 17.7 Å². The van der Waals surface area contributed by atoms with E-state index < -0.39 is 11.7 Å². The number of nitrogens with one attached hydrogen (secondary N) is 1. The van der Waals surface area contributed by atoms with Crippen LogP contribution in [0.2, 0.25) is 5.02 Å². The fraction of sp³-hybridized carbons (Fsp3) is 0.267. The van der Waals surface area contributed by atoms with Crippen LogP contribution in [-0.2, 0) is 0 Å². The largest absolute Gasteiger partial charge is 0.347 e. The molecule has 2 rings (SSSR count). The molecule has 0 atom stereocenters. The number of halogens is 2. The quantitative estimate of drug-likeness (QED) is 0.942. The van der Waals surface area contributed by atoms with Crippen LogP contribution in [0.15, 0.2) is 18.2 Å². The van der Waals surface area contributed by atoms with Gasteiger partial charge in [-0.2, -0.15) is 0 Å². The molecule has 1 aromatic heterocycles. The molecule has 116 valence electrons. The average Bonchev–Trinajstić information content (AvgIpc) is 2.42. The van der Waals surface area contributed by atoms with Crippen LogP contribution in [0.1, 0.15) is 21.7 Å². The first-order valence-electron chi connectivity index (χ1n) is 6.59. The van der Waals surface area contributed by atoms with Crippen LogP contribution in [0.25, 0.3) is 0 Å². The summed E-state index contributed by atoms with van der Waals surface area (Å²) in [4.78, 5) is 22.6. The lowest BCUT2D eigenvalue weighted by atomic mass is 10.2. The van der Waals surface area contributed by atoms with Crippen molar-refractivity contribution in [3.63, 3.8) is 0 Å². The third-order valence-corrected chi connectivity index (χ3v) is 3.40. The Morgan fingerprint density at radius 1 is 1.23 bits per heavy atom. The maximum Gasteiger partial charge on any atom is 0.260 e. The Morgan fingerprint density at radius 2 is 1.82 bits per heavy atom. The Labute approximate surface area is 133 Å². The summed E-state index contributed by atoms with van der Waals surface area (Å²) in [5.41, 5.74) is 1.45. The molecule has 0 saturated carbocycles. The second-order valence-electron chi connectivity index (χ2n) is 5.01. The lowest BCUT2D eigenvalue weighted by molar-refractivity contribution is 0.102. The summed E-state index contributed by atoms with van der Waals surface area (Å²) in [5, 5.41) is 2.69. The van der Waals surface area contributed by atoms with Crippen molar-refractivity contribution in [3.8, 4) is 0 Å². The Hall–Kier alpha value is -2.21. The fourth-order valence-corrected chi connectivity index (χ4v) is 2.22. The summed E-state index contributed by atoms with van der Waals surface area (Å²) in [6.45, 7) is 3.50. The van der Waals surface area contributed by atoms with E-state index in [2.05, 4.69) is 15.3 Å². The second kappa shape index (κ2) is 6.27. The number of nitrogens with zero attached hydrogens (tertiary/aromatic N) is 3. The number of carbonyl (C=O) groups is 1. The van der Waals surface area contributed by atoms with Gasteiger partial charge in [0.2, 0.25) is 5.95 Å². The predicted octanol–water partition coefficient (Wildman–Crippen LogP) is 3.20. The number of rotatable bonds is 3. The van der Waals surface area contributed by atoms with Crippen molar-refractivity contribution >= 4 is 29.1 Å². The maximum absolute atomic E-state index is 13.8. The van der Waals surface area contributed by atoms with Crippen LogP contribution in [0, 0.1) is 19.7 Å². The van der Waals surface area contributed by atoms with E-state index in [0.717, 1.165) is 0 Å². The molecule has 0 aliphatic heterocycles. The molecule has 0 saturated heterocycles. The molecule has 0 radical (unpaired) electrons. The van der Waals surface area contributed by atoms with Crippen molar-refractivity contribution in [2.24, 2.45) is 0 Å². The van der Waals surface area contributed by atoms with Gasteiger partial charge in [-0.05, 0) is 26.0 Å². The topological polar surface area (TPSA) is 58.1 Å². The van der Waals surface area contributed by atoms with Gasteiger partial charge in [0, 0.05) is 14.1 Å². The van der Waals surface area contributed by atoms with Crippen LogP contribution in [0.5, 0.6) is 0 Å². The highest BCUT2D eigenvalue weighted by atomic mass is 35.5. The van der Waals surface area contributed by atoms with Crippen LogP contribution < -0.4 is 10.2 Å². The third-order valence-electron chi connectivity index (χ3n) is 3.09. The average molecular weight is 323 g/mol. The molecule has 0 aliphatic rings. The van der Waals surface area contributed by atoms with Gasteiger partial charge in [0.15, 0.2) is 0 Å². The highest BCUT2D eigenvalue weighted by Gasteiger charge is 2.19. The van der Waals surface area contributed by atoms with Crippen molar-refractivity contribution < 1.29 is 9.18 Å². The Morgan fingerprint density at radius 3 is 2.32 bits per heavy atom. The summed E-state index contributed by atoms with van der Waals surface area (Å²) >= 11 is 5.90. The molecule has 1 N–H and O–H groups in total. The summed E-state index contributed by atoms with van der Waals surface area (Å²) in [5.74, 6) is -0.765. The number of amides is 1. The summed E-state index contributed by atoms with van der Waals surface area (Å²) in [6, 6.07) is 4.09. The van der Waals surface area contributed by atoms with Crippen LogP contribution in [-0.4, -0.2) is 30.0 Å². The molecule has 22 heavy (non-hydrogen) atoms. The zero-order valence-corrected chi connectivity index (χ0v) is 13.5. The van der Waals surface area contributed by atoms with E-state index in [1.165, 1.54) is 18.2 Å². The van der Waals surface area contributed by atoms with Crippen molar-refractivity contribution in [1.29, 1.82) is 0 Å². The summed E-state index contributed by atoms with van der Waals surface area (Å²) in [6.07, 6.45) is 0. The molecular formula is C15H16ClFN4O. The zero-order chi connectivity index (χ0) is 16.4. The van der Waals surface area contributed by atoms with Gasteiger partial charge in [0.05, 0.1) is 27.7 Å². The van der Waals surface area contributed by atoms with Gasteiger partial charge in [0.1, 0.15) is 5.82 Å². The number of hydrogen-bond acceptors (Lipinski definition) is 4. The number of benzene rings is 1. The number of anilines is 2. The Kier molecular flexibility index (Phi) is 4.61. The fourth-order valence-electron chi connectivity index (χ4n) is 1.97. The standard InChI is InChI=1S/C15H16ClFN4O/c1-8-13(9(2)19-15(18-8)21(3)4)20-14(22)12-10(16)6-5-7-11(12)17/h5-7H,1-4H3,(H,20,22). The molecule has 5 nitrogen and oxygen atoms in total. The minimum absolute atomic E-state index is 0.0543. The van der Waals surface area contributed by atoms with Gasteiger partial charge >= 0.3 is 0 Å². The highest BCUT2D eigenvalue weighted by Crippen LogP contribution is 2.23. The van der Waals surface area contributed by atoms with E-state index in [1.807, 2.05) is 14.1 Å². The smallest absolute Gasteiger partial charge is 0.260 e. The normalized spacial score (nSPS) is 10.5. The Bertz CT molecular complexity index is 690. The van der Waals surface area contributed by atoms with Crippen molar-refractivity contribution in [2.45, 2.75) is 13.8 Å². The number of aryl methyl sites for hydroxylation is 2. The van der Waals surface area contributed by atoms with E-state index in [1.54, 1.807) is 18.7 Å². The number of hydrogen-bond donors (Lipinski definition) is 1. The first-order chi connectivity index (χ1) is 10.3. The van der Waals surface area contributed by atoms with E-state index in [-0.39, 0.29) is 10.6 Å². The van der Waals surface area contributed by atoms with Crippen LogP contribution in [0.3, 0.4) is 0 Å². The van der Waals surface area contributed by atoms with Gasteiger partial charge < -0.3 is 10.2 Å². The second-order valence-corrected chi connectivity index (χ2v) is 5.42. The van der Waals surface area contributed by atoms with Crippen molar-refractivity contribution in [3.05, 3.63) is 46.0 Å². The zero-order valence-electron chi connectivity index (χ0n) is 12.7. The van der Waals surface area contributed by atoms with E-state index in [0.29, 0.717) is 23.0 Å². The summed E-state index contributed by atoms with van der Waals surface area (Å²) < 4.78 is 13.8. The summed E-state index contributed by atoms with van der Waals surface area (Å²) in [7, 11) is 3.65. The molecule has 0 unspecified atom stereocenters. The molecule has 0 fully saturated rings. The maximum atomic E-state index is 13.8. The molecule has 2 aromatic rings. The molecule has 1 aromatic carbocycles. The lowest BCUT2D eigenvalue weighted by Crippen LogP contribution is -2.19. The highest BCUT2D eigenvalue weighted by molar-refractivity contribution is 6.34. The lowest BCUT2D eigenvalue weighted by Gasteiger charge is -2.16. The van der Waals surface area contributed by atoms with E-state index in [9.17, 15) is 9.18 Å².